The van der Waals surface area contributed by atoms with E-state index in [2.05, 4.69) is 13.0 Å². The minimum atomic E-state index is -0.0880. The van der Waals surface area contributed by atoms with E-state index in [1.807, 2.05) is 67.6 Å². The van der Waals surface area contributed by atoms with Crippen molar-refractivity contribution < 1.29 is 0 Å². The monoisotopic (exact) mass is 397 g/mol. The Bertz CT molecular complexity index is 1320. The summed E-state index contributed by atoms with van der Waals surface area (Å²) in [5, 5.41) is 10.6. The Kier molecular flexibility index (Phi) is 5.20. The molecule has 0 saturated heterocycles. The van der Waals surface area contributed by atoms with Crippen LogP contribution in [0.25, 0.3) is 16.6 Å². The molecule has 0 fully saturated rings. The highest BCUT2D eigenvalue weighted by Gasteiger charge is 2.14. The maximum atomic E-state index is 13.3. The van der Waals surface area contributed by atoms with Gasteiger partial charge in [0.05, 0.1) is 28.2 Å². The molecule has 0 radical (unpaired) electrons. The van der Waals surface area contributed by atoms with E-state index in [0.29, 0.717) is 27.4 Å². The first-order valence-electron chi connectivity index (χ1n) is 9.28. The summed E-state index contributed by atoms with van der Waals surface area (Å²) < 4.78 is 1.68. The molecule has 0 aliphatic heterocycles. The second-order valence-electron chi connectivity index (χ2n) is 6.88. The summed E-state index contributed by atoms with van der Waals surface area (Å²) in [6, 6.07) is 23.1. The summed E-state index contributed by atoms with van der Waals surface area (Å²) in [6.07, 6.45) is 0. The molecule has 0 N–H and O–H groups in total. The molecular weight excluding hydrogens is 378 g/mol. The van der Waals surface area contributed by atoms with Crippen molar-refractivity contribution in [3.05, 3.63) is 99.3 Å². The fourth-order valence-electron chi connectivity index (χ4n) is 3.20. The molecule has 142 valence electrons. The number of aromatic nitrogens is 2. The van der Waals surface area contributed by atoms with Crippen LogP contribution < -0.4 is 5.56 Å². The van der Waals surface area contributed by atoms with Gasteiger partial charge < -0.3 is 0 Å². The predicted molar refractivity (Wildman–Crippen MR) is 118 cm³/mol. The Morgan fingerprint density at radius 3 is 2.55 bits per heavy atom. The molecule has 5 heteroatoms. The van der Waals surface area contributed by atoms with Crippen molar-refractivity contribution in [2.45, 2.75) is 24.8 Å². The number of rotatable bonds is 4. The van der Waals surface area contributed by atoms with Crippen LogP contribution in [0.1, 0.15) is 22.3 Å². The van der Waals surface area contributed by atoms with Crippen molar-refractivity contribution >= 4 is 22.7 Å². The second kappa shape index (κ2) is 7.94. The van der Waals surface area contributed by atoms with Crippen LogP contribution in [0.5, 0.6) is 0 Å². The predicted octanol–water partition coefficient (Wildman–Crippen LogP) is 5.17. The number of hydrogen-bond acceptors (Lipinski definition) is 4. The van der Waals surface area contributed by atoms with Gasteiger partial charge in [0.25, 0.3) is 5.56 Å². The van der Waals surface area contributed by atoms with Gasteiger partial charge >= 0.3 is 0 Å². The molecule has 0 spiro atoms. The maximum Gasteiger partial charge on any atom is 0.266 e. The van der Waals surface area contributed by atoms with Crippen molar-refractivity contribution in [1.29, 1.82) is 5.26 Å². The Hall–Kier alpha value is -3.36. The Labute approximate surface area is 173 Å². The highest BCUT2D eigenvalue weighted by molar-refractivity contribution is 7.98. The molecule has 4 aromatic rings. The summed E-state index contributed by atoms with van der Waals surface area (Å²) in [6.45, 7) is 4.09. The minimum absolute atomic E-state index is 0.0880. The summed E-state index contributed by atoms with van der Waals surface area (Å²) in [4.78, 5) is 18.1. The van der Waals surface area contributed by atoms with Crippen molar-refractivity contribution in [2.24, 2.45) is 0 Å². The summed E-state index contributed by atoms with van der Waals surface area (Å²) in [5.41, 5.74) is 5.24. The molecule has 29 heavy (non-hydrogen) atoms. The van der Waals surface area contributed by atoms with Crippen LogP contribution in [0.3, 0.4) is 0 Å². The fourth-order valence-corrected chi connectivity index (χ4v) is 4.22. The number of nitriles is 1. The lowest BCUT2D eigenvalue weighted by atomic mass is 10.1. The molecule has 0 aliphatic carbocycles. The zero-order chi connectivity index (χ0) is 20.4. The first-order chi connectivity index (χ1) is 14.1. The van der Waals surface area contributed by atoms with Gasteiger partial charge in [-0.25, -0.2) is 4.98 Å². The van der Waals surface area contributed by atoms with Crippen LogP contribution in [0.2, 0.25) is 0 Å². The van der Waals surface area contributed by atoms with E-state index in [9.17, 15) is 10.1 Å². The third-order valence-electron chi connectivity index (χ3n) is 4.99. The average Bonchev–Trinajstić information content (AvgIpc) is 2.74. The average molecular weight is 398 g/mol. The molecular formula is C24H19N3OS. The molecule has 0 bridgehead atoms. The minimum Gasteiger partial charge on any atom is -0.268 e. The number of hydrogen-bond donors (Lipinski definition) is 0. The Morgan fingerprint density at radius 1 is 1.00 bits per heavy atom. The lowest BCUT2D eigenvalue weighted by Crippen LogP contribution is -2.22. The largest absolute Gasteiger partial charge is 0.268 e. The summed E-state index contributed by atoms with van der Waals surface area (Å²) in [7, 11) is 0. The van der Waals surface area contributed by atoms with Gasteiger partial charge in [0, 0.05) is 5.75 Å². The number of nitrogens with zero attached hydrogens (tertiary/aromatic N) is 3. The second-order valence-corrected chi connectivity index (χ2v) is 7.82. The number of benzene rings is 3. The van der Waals surface area contributed by atoms with Crippen LogP contribution in [-0.4, -0.2) is 9.55 Å². The standard InChI is InChI=1S/C24H19N3OS/c1-16-11-12-20(13-17(16)2)27-23(28)21-9-5-6-10-22(21)26-24(27)29-15-19-8-4-3-7-18(19)14-25/h3-13H,15H2,1-2H3. The SMILES string of the molecule is Cc1ccc(-n2c(SCc3ccccc3C#N)nc3ccccc3c2=O)cc1C. The third kappa shape index (κ3) is 3.67. The van der Waals surface area contributed by atoms with Crippen LogP contribution >= 0.6 is 11.8 Å². The zero-order valence-corrected chi connectivity index (χ0v) is 17.0. The number of aryl methyl sites for hydroxylation is 2. The third-order valence-corrected chi connectivity index (χ3v) is 5.98. The molecule has 1 aromatic heterocycles. The van der Waals surface area contributed by atoms with E-state index in [4.69, 9.17) is 4.98 Å². The van der Waals surface area contributed by atoms with E-state index in [0.717, 1.165) is 16.8 Å². The highest BCUT2D eigenvalue weighted by atomic mass is 32.2. The molecule has 0 amide bonds. The number of thioether (sulfide) groups is 1. The van der Waals surface area contributed by atoms with Crippen molar-refractivity contribution in [1.82, 2.24) is 9.55 Å². The van der Waals surface area contributed by atoms with Crippen LogP contribution in [-0.2, 0) is 5.75 Å². The van der Waals surface area contributed by atoms with Crippen LogP contribution in [0.4, 0.5) is 0 Å². The van der Waals surface area contributed by atoms with Crippen LogP contribution in [0, 0.1) is 25.2 Å². The highest BCUT2D eigenvalue weighted by Crippen LogP contribution is 2.26. The lowest BCUT2D eigenvalue weighted by Gasteiger charge is -2.14. The van der Waals surface area contributed by atoms with E-state index in [1.54, 1.807) is 10.6 Å². The van der Waals surface area contributed by atoms with Gasteiger partial charge in [0.1, 0.15) is 0 Å². The lowest BCUT2D eigenvalue weighted by molar-refractivity contribution is 0.818. The molecule has 1 heterocycles. The molecule has 4 nitrogen and oxygen atoms in total. The first kappa shape index (κ1) is 19.0. The van der Waals surface area contributed by atoms with Crippen molar-refractivity contribution in [2.75, 3.05) is 0 Å². The van der Waals surface area contributed by atoms with E-state index in [1.165, 1.54) is 17.3 Å². The van der Waals surface area contributed by atoms with Gasteiger partial charge in [-0.15, -0.1) is 0 Å². The van der Waals surface area contributed by atoms with Crippen molar-refractivity contribution in [3.63, 3.8) is 0 Å². The normalized spacial score (nSPS) is 10.8. The smallest absolute Gasteiger partial charge is 0.266 e. The van der Waals surface area contributed by atoms with Gasteiger partial charge in [0.15, 0.2) is 5.16 Å². The van der Waals surface area contributed by atoms with Gasteiger partial charge in [-0.1, -0.05) is 48.2 Å². The fraction of sp³-hybridized carbons (Fsp3) is 0.125. The zero-order valence-electron chi connectivity index (χ0n) is 16.2. The van der Waals surface area contributed by atoms with E-state index >= 15 is 0 Å². The summed E-state index contributed by atoms with van der Waals surface area (Å²) in [5.74, 6) is 0.555. The quantitative estimate of drug-likeness (QED) is 0.352. The maximum absolute atomic E-state index is 13.3. The van der Waals surface area contributed by atoms with Gasteiger partial charge in [-0.05, 0) is 60.9 Å². The molecule has 4 rings (SSSR count). The number of fused-ring (bicyclic) bond motifs is 1. The molecule has 0 atom stereocenters. The molecule has 0 saturated carbocycles. The Balaban J connectivity index is 1.86. The molecule has 0 aliphatic rings. The van der Waals surface area contributed by atoms with Crippen LogP contribution in [0.15, 0.2) is 76.7 Å². The topological polar surface area (TPSA) is 58.7 Å². The van der Waals surface area contributed by atoms with E-state index in [-0.39, 0.29) is 5.56 Å². The molecule has 0 unspecified atom stereocenters. The summed E-state index contributed by atoms with van der Waals surface area (Å²) >= 11 is 1.46. The van der Waals surface area contributed by atoms with E-state index < -0.39 is 0 Å². The van der Waals surface area contributed by atoms with Crippen molar-refractivity contribution in [3.8, 4) is 11.8 Å². The molecule has 3 aromatic carbocycles. The number of para-hydroxylation sites is 1. The van der Waals surface area contributed by atoms with Gasteiger partial charge in [-0.3, -0.25) is 9.36 Å². The van der Waals surface area contributed by atoms with Gasteiger partial charge in [-0.2, -0.15) is 5.26 Å². The van der Waals surface area contributed by atoms with Gasteiger partial charge in [0.2, 0.25) is 0 Å². The Morgan fingerprint density at radius 2 is 1.76 bits per heavy atom. The first-order valence-corrected chi connectivity index (χ1v) is 10.3.